The average Bonchev–Trinajstić information content (AvgIpc) is 2.46. The highest BCUT2D eigenvalue weighted by Gasteiger charge is 2.30. The third kappa shape index (κ3) is 6.41. The summed E-state index contributed by atoms with van der Waals surface area (Å²) in [5.41, 5.74) is -0.822. The molecule has 0 spiro atoms. The van der Waals surface area contributed by atoms with Crippen LogP contribution in [0.4, 0.5) is 18.9 Å². The minimum absolute atomic E-state index is 0.145. The van der Waals surface area contributed by atoms with Crippen LogP contribution in [0.15, 0.2) is 53.4 Å². The predicted molar refractivity (Wildman–Crippen MR) is 87.1 cm³/mol. The van der Waals surface area contributed by atoms with E-state index in [4.69, 9.17) is 4.55 Å². The standard InChI is InChI=1S/C7H5F3O3S.C6H4INO2/c8-7(9,10)5-1-3-6(4-2-5)14(11,12)13;7-5-2-1-3-6(4-5)8(9)10/h1-4H,(H,11,12,13);1-4H. The molecule has 0 saturated carbocycles. The van der Waals surface area contributed by atoms with E-state index >= 15 is 0 Å². The van der Waals surface area contributed by atoms with Crippen molar-refractivity contribution in [3.05, 3.63) is 67.8 Å². The summed E-state index contributed by atoms with van der Waals surface area (Å²) in [6.45, 7) is 0. The van der Waals surface area contributed by atoms with Gasteiger partial charge in [0, 0.05) is 15.7 Å². The van der Waals surface area contributed by atoms with Crippen molar-refractivity contribution in [2.45, 2.75) is 11.1 Å². The number of halogens is 4. The molecule has 0 atom stereocenters. The van der Waals surface area contributed by atoms with E-state index in [-0.39, 0.29) is 5.69 Å². The van der Waals surface area contributed by atoms with Gasteiger partial charge >= 0.3 is 6.18 Å². The van der Waals surface area contributed by atoms with Crippen molar-refractivity contribution in [2.24, 2.45) is 0 Å². The molecule has 0 heterocycles. The molecule has 24 heavy (non-hydrogen) atoms. The maximum Gasteiger partial charge on any atom is 0.416 e. The van der Waals surface area contributed by atoms with Crippen LogP contribution in [0.25, 0.3) is 0 Å². The highest BCUT2D eigenvalue weighted by atomic mass is 127. The average molecular weight is 475 g/mol. The number of nitro benzene ring substituents is 1. The first kappa shape index (κ1) is 20.3. The molecule has 2 aromatic rings. The summed E-state index contributed by atoms with van der Waals surface area (Å²) in [5.74, 6) is 0. The largest absolute Gasteiger partial charge is 0.416 e. The van der Waals surface area contributed by atoms with Gasteiger partial charge in [-0.05, 0) is 52.9 Å². The Labute approximate surface area is 148 Å². The van der Waals surface area contributed by atoms with Gasteiger partial charge < -0.3 is 0 Å². The lowest BCUT2D eigenvalue weighted by atomic mass is 10.2. The van der Waals surface area contributed by atoms with Crippen LogP contribution in [-0.4, -0.2) is 17.9 Å². The number of nitro groups is 1. The van der Waals surface area contributed by atoms with Gasteiger partial charge in [0.25, 0.3) is 15.8 Å². The van der Waals surface area contributed by atoms with Gasteiger partial charge in [-0.3, -0.25) is 14.7 Å². The monoisotopic (exact) mass is 475 g/mol. The van der Waals surface area contributed by atoms with Gasteiger partial charge in [-0.15, -0.1) is 0 Å². The van der Waals surface area contributed by atoms with Crippen LogP contribution in [0.1, 0.15) is 5.56 Å². The first-order valence-electron chi connectivity index (χ1n) is 5.96. The van der Waals surface area contributed by atoms with Gasteiger partial charge in [0.2, 0.25) is 0 Å². The molecule has 1 N–H and O–H groups in total. The Balaban J connectivity index is 0.000000254. The van der Waals surface area contributed by atoms with E-state index in [0.717, 1.165) is 3.57 Å². The number of benzene rings is 2. The van der Waals surface area contributed by atoms with Gasteiger partial charge in [-0.2, -0.15) is 21.6 Å². The fraction of sp³-hybridized carbons (Fsp3) is 0.0769. The zero-order valence-corrected chi connectivity index (χ0v) is 14.5. The Kier molecular flexibility index (Phi) is 6.68. The van der Waals surface area contributed by atoms with Gasteiger partial charge in [-0.1, -0.05) is 6.07 Å². The van der Waals surface area contributed by atoms with E-state index in [1.54, 1.807) is 6.07 Å². The summed E-state index contributed by atoms with van der Waals surface area (Å²) in [7, 11) is -4.43. The number of alkyl halides is 3. The van der Waals surface area contributed by atoms with E-state index in [0.29, 0.717) is 24.3 Å². The second kappa shape index (κ2) is 7.90. The Hall–Kier alpha value is -1.73. The fourth-order valence-electron chi connectivity index (χ4n) is 1.41. The third-order valence-corrected chi connectivity index (χ3v) is 4.04. The van der Waals surface area contributed by atoms with Gasteiger partial charge in [0.1, 0.15) is 0 Å². The molecular weight excluding hydrogens is 466 g/mol. The van der Waals surface area contributed by atoms with Crippen LogP contribution in [0.5, 0.6) is 0 Å². The first-order valence-corrected chi connectivity index (χ1v) is 8.48. The van der Waals surface area contributed by atoms with Crippen LogP contribution in [0, 0.1) is 13.7 Å². The summed E-state index contributed by atoms with van der Waals surface area (Å²) >= 11 is 2.03. The fourth-order valence-corrected chi connectivity index (χ4v) is 2.41. The molecule has 11 heteroatoms. The quantitative estimate of drug-likeness (QED) is 0.305. The highest BCUT2D eigenvalue weighted by molar-refractivity contribution is 14.1. The minimum Gasteiger partial charge on any atom is -0.282 e. The van der Waals surface area contributed by atoms with Crippen molar-refractivity contribution in [3.63, 3.8) is 0 Å². The van der Waals surface area contributed by atoms with Crippen LogP contribution in [0.2, 0.25) is 0 Å². The summed E-state index contributed by atoms with van der Waals surface area (Å²) in [6, 6.07) is 9.04. The minimum atomic E-state index is -4.52. The molecule has 0 unspecified atom stereocenters. The highest BCUT2D eigenvalue weighted by Crippen LogP contribution is 2.29. The van der Waals surface area contributed by atoms with Crippen molar-refractivity contribution in [2.75, 3.05) is 0 Å². The summed E-state index contributed by atoms with van der Waals surface area (Å²) in [5, 5.41) is 10.2. The SMILES string of the molecule is O=S(=O)(O)c1ccc(C(F)(F)F)cc1.O=[N+]([O-])c1cccc(I)c1. The molecule has 6 nitrogen and oxygen atoms in total. The zero-order chi connectivity index (χ0) is 18.5. The Morgan fingerprint density at radius 1 is 1.08 bits per heavy atom. The molecule has 2 rings (SSSR count). The van der Waals surface area contributed by atoms with E-state index in [1.165, 1.54) is 12.1 Å². The third-order valence-electron chi connectivity index (χ3n) is 2.50. The number of nitrogens with zero attached hydrogens (tertiary/aromatic N) is 1. The molecule has 0 saturated heterocycles. The van der Waals surface area contributed by atoms with E-state index < -0.39 is 31.7 Å². The van der Waals surface area contributed by atoms with Gasteiger partial charge in [0.15, 0.2) is 0 Å². The Morgan fingerprint density at radius 2 is 1.62 bits per heavy atom. The van der Waals surface area contributed by atoms with Crippen LogP contribution < -0.4 is 0 Å². The number of non-ortho nitro benzene ring substituents is 1. The van der Waals surface area contributed by atoms with Crippen molar-refractivity contribution in [1.29, 1.82) is 0 Å². The zero-order valence-electron chi connectivity index (χ0n) is 11.6. The van der Waals surface area contributed by atoms with Crippen molar-refractivity contribution in [1.82, 2.24) is 0 Å². The molecule has 0 aliphatic heterocycles. The van der Waals surface area contributed by atoms with Crippen molar-refractivity contribution < 1.29 is 31.1 Å². The number of hydrogen-bond acceptors (Lipinski definition) is 4. The molecule has 0 aromatic heterocycles. The van der Waals surface area contributed by atoms with Gasteiger partial charge in [0.05, 0.1) is 15.4 Å². The van der Waals surface area contributed by atoms with E-state index in [2.05, 4.69) is 0 Å². The molecular formula is C13H9F3INO5S. The molecule has 130 valence electrons. The molecule has 0 fully saturated rings. The Bertz CT molecular complexity index is 822. The number of hydrogen-bond donors (Lipinski definition) is 1. The lowest BCUT2D eigenvalue weighted by Crippen LogP contribution is -2.05. The molecule has 0 aliphatic carbocycles. The smallest absolute Gasteiger partial charge is 0.282 e. The topological polar surface area (TPSA) is 97.5 Å². The summed E-state index contributed by atoms with van der Waals surface area (Å²) < 4.78 is 66.3. The second-order valence-corrected chi connectivity index (χ2v) is 6.90. The summed E-state index contributed by atoms with van der Waals surface area (Å²) in [4.78, 5) is 9.19. The normalized spacial score (nSPS) is 11.4. The van der Waals surface area contributed by atoms with Crippen molar-refractivity contribution >= 4 is 38.4 Å². The first-order chi connectivity index (χ1) is 10.9. The Morgan fingerprint density at radius 3 is 1.96 bits per heavy atom. The van der Waals surface area contributed by atoms with Crippen molar-refractivity contribution in [3.8, 4) is 0 Å². The second-order valence-electron chi connectivity index (χ2n) is 4.23. The van der Waals surface area contributed by atoms with Gasteiger partial charge in [-0.25, -0.2) is 0 Å². The lowest BCUT2D eigenvalue weighted by molar-refractivity contribution is -0.384. The van der Waals surface area contributed by atoms with E-state index in [9.17, 15) is 31.7 Å². The predicted octanol–water partition coefficient (Wildman–Crippen LogP) is 4.15. The molecule has 0 bridgehead atoms. The van der Waals surface area contributed by atoms with Crippen LogP contribution >= 0.6 is 22.6 Å². The van der Waals surface area contributed by atoms with E-state index in [1.807, 2.05) is 28.7 Å². The number of rotatable bonds is 2. The van der Waals surface area contributed by atoms with Crippen LogP contribution in [-0.2, 0) is 16.3 Å². The maximum absolute atomic E-state index is 12.0. The lowest BCUT2D eigenvalue weighted by Gasteiger charge is -2.05. The van der Waals surface area contributed by atoms with Crippen LogP contribution in [0.3, 0.4) is 0 Å². The molecule has 0 radical (unpaired) electrons. The molecule has 2 aromatic carbocycles. The maximum atomic E-state index is 12.0. The molecule has 0 amide bonds. The molecule has 0 aliphatic rings. The summed E-state index contributed by atoms with van der Waals surface area (Å²) in [6.07, 6.45) is -4.52.